The molecule has 0 aliphatic rings. The molecule has 2 aromatic rings. The van der Waals surface area contributed by atoms with Crippen LogP contribution in [0.15, 0.2) is 18.2 Å². The van der Waals surface area contributed by atoms with E-state index in [-0.39, 0.29) is 12.2 Å². The predicted molar refractivity (Wildman–Crippen MR) is 73.8 cm³/mol. The van der Waals surface area contributed by atoms with Crippen molar-refractivity contribution >= 4 is 39.7 Å². The third kappa shape index (κ3) is 3.27. The number of nitrogens with one attached hydrogen (secondary N) is 1. The van der Waals surface area contributed by atoms with Crippen LogP contribution in [0.1, 0.15) is 18.3 Å². The second kappa shape index (κ2) is 5.46. The van der Waals surface area contributed by atoms with Crippen molar-refractivity contribution in [1.82, 2.24) is 9.36 Å². The Labute approximate surface area is 114 Å². The van der Waals surface area contributed by atoms with Gasteiger partial charge in [0.25, 0.3) is 0 Å². The smallest absolute Gasteiger partial charge is 0.207 e. The summed E-state index contributed by atoms with van der Waals surface area (Å²) in [5.41, 5.74) is 1.88. The summed E-state index contributed by atoms with van der Waals surface area (Å²) in [5.74, 6) is 0.603. The second-order valence-corrected chi connectivity index (χ2v) is 5.14. The van der Waals surface area contributed by atoms with Crippen molar-refractivity contribution < 1.29 is 4.79 Å². The zero-order valence-corrected chi connectivity index (χ0v) is 11.6. The van der Waals surface area contributed by atoms with E-state index in [0.717, 1.165) is 11.3 Å². The third-order valence-electron chi connectivity index (χ3n) is 2.30. The molecule has 0 fully saturated rings. The number of carbonyl (C=O) groups is 1. The van der Waals surface area contributed by atoms with Crippen LogP contribution >= 0.6 is 23.1 Å². The van der Waals surface area contributed by atoms with Gasteiger partial charge < -0.3 is 5.32 Å². The maximum Gasteiger partial charge on any atom is 0.207 e. The van der Waals surface area contributed by atoms with Crippen molar-refractivity contribution in [3.63, 3.8) is 0 Å². The fourth-order valence-electron chi connectivity index (χ4n) is 1.39. The largest absolute Gasteiger partial charge is 0.330 e. The van der Waals surface area contributed by atoms with Gasteiger partial charge in [0.2, 0.25) is 5.13 Å². The van der Waals surface area contributed by atoms with Crippen molar-refractivity contribution in [3.05, 3.63) is 34.6 Å². The Morgan fingerprint density at radius 3 is 2.94 bits per heavy atom. The Hall–Kier alpha value is -1.46. The van der Waals surface area contributed by atoms with Gasteiger partial charge in [-0.05, 0) is 31.5 Å². The number of benzene rings is 1. The first kappa shape index (κ1) is 13.0. The Bertz CT molecular complexity index is 582. The van der Waals surface area contributed by atoms with Gasteiger partial charge in [-0.25, -0.2) is 4.98 Å². The highest BCUT2D eigenvalue weighted by molar-refractivity contribution is 7.09. The van der Waals surface area contributed by atoms with Gasteiger partial charge in [-0.1, -0.05) is 17.7 Å². The minimum Gasteiger partial charge on any atom is -0.330 e. The van der Waals surface area contributed by atoms with E-state index in [1.54, 1.807) is 0 Å². The normalized spacial score (nSPS) is 10.4. The molecule has 0 amide bonds. The first-order valence-corrected chi connectivity index (χ1v) is 6.55. The summed E-state index contributed by atoms with van der Waals surface area (Å²) >= 11 is 7.27. The molecular weight excluding hydrogens is 270 g/mol. The molecule has 6 heteroatoms. The van der Waals surface area contributed by atoms with E-state index in [1.165, 1.54) is 18.5 Å². The Morgan fingerprint density at radius 2 is 2.28 bits per heavy atom. The van der Waals surface area contributed by atoms with Crippen LogP contribution in [0, 0.1) is 6.92 Å². The number of nitrogens with zero attached hydrogens (tertiary/aromatic N) is 2. The van der Waals surface area contributed by atoms with Crippen LogP contribution in [-0.4, -0.2) is 15.1 Å². The van der Waals surface area contributed by atoms with Crippen LogP contribution in [0.4, 0.5) is 10.8 Å². The zero-order valence-electron chi connectivity index (χ0n) is 10.0. The van der Waals surface area contributed by atoms with E-state index in [2.05, 4.69) is 14.7 Å². The molecule has 94 valence electrons. The number of halogens is 1. The second-order valence-electron chi connectivity index (χ2n) is 3.98. The molecule has 1 N–H and O–H groups in total. The minimum absolute atomic E-state index is 0.0535. The molecule has 2 rings (SSSR count). The van der Waals surface area contributed by atoms with Gasteiger partial charge in [-0.2, -0.15) is 4.37 Å². The van der Waals surface area contributed by atoms with Crippen LogP contribution in [0.3, 0.4) is 0 Å². The first-order valence-electron chi connectivity index (χ1n) is 5.40. The number of carbonyl (C=O) groups excluding carboxylic acids is 1. The van der Waals surface area contributed by atoms with E-state index in [9.17, 15) is 4.79 Å². The molecule has 0 bridgehead atoms. The van der Waals surface area contributed by atoms with Crippen molar-refractivity contribution in [2.75, 3.05) is 5.32 Å². The summed E-state index contributed by atoms with van der Waals surface area (Å²) in [6, 6.07) is 5.69. The van der Waals surface area contributed by atoms with Crippen LogP contribution < -0.4 is 5.32 Å². The first-order chi connectivity index (χ1) is 8.54. The molecule has 1 aromatic carbocycles. The van der Waals surface area contributed by atoms with E-state index < -0.39 is 0 Å². The van der Waals surface area contributed by atoms with Crippen LogP contribution in [0.2, 0.25) is 5.02 Å². The number of rotatable bonds is 4. The number of hydrogen-bond acceptors (Lipinski definition) is 5. The fraction of sp³-hybridized carbons (Fsp3) is 0.250. The predicted octanol–water partition coefficient (Wildman–Crippen LogP) is 3.38. The Kier molecular flexibility index (Phi) is 3.93. The van der Waals surface area contributed by atoms with Crippen LogP contribution in [0.25, 0.3) is 0 Å². The topological polar surface area (TPSA) is 54.9 Å². The average molecular weight is 282 g/mol. The van der Waals surface area contributed by atoms with Crippen molar-refractivity contribution in [3.8, 4) is 0 Å². The molecular formula is C12H12ClN3OS. The lowest BCUT2D eigenvalue weighted by molar-refractivity contribution is -0.116. The van der Waals surface area contributed by atoms with Gasteiger partial charge in [0.1, 0.15) is 5.78 Å². The van der Waals surface area contributed by atoms with Gasteiger partial charge >= 0.3 is 0 Å². The molecule has 0 radical (unpaired) electrons. The number of aryl methyl sites for hydroxylation is 1. The molecule has 0 saturated heterocycles. The summed E-state index contributed by atoms with van der Waals surface area (Å²) in [6.07, 6.45) is 0.271. The van der Waals surface area contributed by atoms with Crippen LogP contribution in [0.5, 0.6) is 0 Å². The van der Waals surface area contributed by atoms with Gasteiger partial charge in [-0.15, -0.1) is 0 Å². The summed E-state index contributed by atoms with van der Waals surface area (Å²) < 4.78 is 4.11. The Morgan fingerprint density at radius 1 is 1.50 bits per heavy atom. The lowest BCUT2D eigenvalue weighted by Crippen LogP contribution is -1.98. The maximum atomic E-state index is 10.9. The summed E-state index contributed by atoms with van der Waals surface area (Å²) in [6.45, 7) is 3.47. The number of anilines is 2. The molecule has 0 saturated carbocycles. The quantitative estimate of drug-likeness (QED) is 0.933. The molecule has 0 spiro atoms. The standard InChI is InChI=1S/C12H12ClN3OS/c1-7-3-4-9(6-10(7)13)14-12-15-11(16-18-12)5-8(2)17/h3-4,6H,5H2,1-2H3,(H,14,15,16). The van der Waals surface area contributed by atoms with E-state index in [1.807, 2.05) is 25.1 Å². The van der Waals surface area contributed by atoms with Crippen molar-refractivity contribution in [1.29, 1.82) is 0 Å². The van der Waals surface area contributed by atoms with Crippen molar-refractivity contribution in [2.24, 2.45) is 0 Å². The SMILES string of the molecule is CC(=O)Cc1nsc(Nc2ccc(C)c(Cl)c2)n1. The van der Waals surface area contributed by atoms with E-state index in [4.69, 9.17) is 11.6 Å². The molecule has 0 unspecified atom stereocenters. The van der Waals surface area contributed by atoms with Gasteiger partial charge in [0.05, 0.1) is 6.42 Å². The van der Waals surface area contributed by atoms with Gasteiger partial charge in [0, 0.05) is 22.2 Å². The average Bonchev–Trinajstić information content (AvgIpc) is 2.70. The summed E-state index contributed by atoms with van der Waals surface area (Å²) in [7, 11) is 0. The molecule has 18 heavy (non-hydrogen) atoms. The number of aromatic nitrogens is 2. The Balaban J connectivity index is 2.11. The van der Waals surface area contributed by atoms with Gasteiger partial charge in [0.15, 0.2) is 5.82 Å². The van der Waals surface area contributed by atoms with Crippen molar-refractivity contribution in [2.45, 2.75) is 20.3 Å². The highest BCUT2D eigenvalue weighted by Gasteiger charge is 2.07. The molecule has 1 aromatic heterocycles. The lowest BCUT2D eigenvalue weighted by atomic mass is 10.2. The molecule has 1 heterocycles. The van der Waals surface area contributed by atoms with Gasteiger partial charge in [-0.3, -0.25) is 4.79 Å². The molecule has 0 aliphatic carbocycles. The number of Topliss-reactive ketones (excluding diaryl/α,β-unsaturated/α-hetero) is 1. The summed E-state index contributed by atoms with van der Waals surface area (Å²) in [5, 5.41) is 4.48. The minimum atomic E-state index is 0.0535. The highest BCUT2D eigenvalue weighted by Crippen LogP contribution is 2.24. The molecule has 4 nitrogen and oxygen atoms in total. The summed E-state index contributed by atoms with van der Waals surface area (Å²) in [4.78, 5) is 15.2. The highest BCUT2D eigenvalue weighted by atomic mass is 35.5. The zero-order chi connectivity index (χ0) is 13.1. The number of ketones is 1. The van der Waals surface area contributed by atoms with E-state index in [0.29, 0.717) is 16.0 Å². The van der Waals surface area contributed by atoms with Crippen LogP contribution in [-0.2, 0) is 11.2 Å². The monoisotopic (exact) mass is 281 g/mol. The third-order valence-corrected chi connectivity index (χ3v) is 3.37. The lowest BCUT2D eigenvalue weighted by Gasteiger charge is -2.03. The van der Waals surface area contributed by atoms with E-state index >= 15 is 0 Å². The number of hydrogen-bond donors (Lipinski definition) is 1. The maximum absolute atomic E-state index is 10.9. The fourth-order valence-corrected chi connectivity index (χ4v) is 2.18. The molecule has 0 atom stereocenters. The molecule has 0 aliphatic heterocycles.